The first-order valence-corrected chi connectivity index (χ1v) is 12.5. The van der Waals surface area contributed by atoms with Crippen molar-refractivity contribution in [3.05, 3.63) is 47.9 Å². The van der Waals surface area contributed by atoms with Crippen molar-refractivity contribution in [3.63, 3.8) is 0 Å². The fourth-order valence-corrected chi connectivity index (χ4v) is 5.51. The quantitative estimate of drug-likeness (QED) is 0.593. The molecule has 2 aromatic rings. The Morgan fingerprint density at radius 1 is 1.16 bits per heavy atom. The number of hydrogen-bond donors (Lipinski definition) is 2. The smallest absolute Gasteiger partial charge is 0.222 e. The van der Waals surface area contributed by atoms with Crippen LogP contribution in [0.25, 0.3) is 0 Å². The Labute approximate surface area is 193 Å². The van der Waals surface area contributed by atoms with Crippen molar-refractivity contribution >= 4 is 23.6 Å². The Bertz CT molecular complexity index is 896. The van der Waals surface area contributed by atoms with Crippen LogP contribution in [0, 0.1) is 17.8 Å². The maximum absolute atomic E-state index is 12.9. The summed E-state index contributed by atoms with van der Waals surface area (Å²) in [6.07, 6.45) is 3.72. The molecule has 2 fully saturated rings. The lowest BCUT2D eigenvalue weighted by atomic mass is 9.80. The van der Waals surface area contributed by atoms with Crippen LogP contribution in [0.1, 0.15) is 37.1 Å². The number of nitrogens with zero attached hydrogens (tertiary/aromatic N) is 2. The molecule has 3 heterocycles. The molecular weight excluding hydrogens is 424 g/mol. The van der Waals surface area contributed by atoms with Gasteiger partial charge in [0.05, 0.1) is 11.4 Å². The molecule has 1 aromatic carbocycles. The predicted molar refractivity (Wildman–Crippen MR) is 124 cm³/mol. The summed E-state index contributed by atoms with van der Waals surface area (Å²) in [7, 11) is 0. The minimum absolute atomic E-state index is 0.0907. The van der Waals surface area contributed by atoms with Gasteiger partial charge in [0.25, 0.3) is 0 Å². The first-order valence-electron chi connectivity index (χ1n) is 11.5. The lowest BCUT2D eigenvalue weighted by Gasteiger charge is -2.35. The fraction of sp³-hybridized carbons (Fsp3) is 0.542. The number of likely N-dealkylation sites (tertiary alicyclic amines) is 1. The minimum atomic E-state index is -0.246. The number of piperidine rings is 2. The number of rotatable bonds is 8. The van der Waals surface area contributed by atoms with Crippen LogP contribution in [0.15, 0.2) is 45.8 Å². The Kier molecular flexibility index (Phi) is 7.86. The van der Waals surface area contributed by atoms with Gasteiger partial charge in [-0.15, -0.1) is 11.8 Å². The molecule has 7 nitrogen and oxygen atoms in total. The molecule has 2 saturated heterocycles. The van der Waals surface area contributed by atoms with Gasteiger partial charge in [-0.2, -0.15) is 0 Å². The SMILES string of the molecule is NC(=O)C1CCN(C(=O)CC2CCNCC2Cc2cc(CSc3ccccc3)on2)CC1. The van der Waals surface area contributed by atoms with Crippen molar-refractivity contribution in [2.24, 2.45) is 23.5 Å². The summed E-state index contributed by atoms with van der Waals surface area (Å²) in [5, 5.41) is 7.77. The van der Waals surface area contributed by atoms with E-state index in [2.05, 4.69) is 28.7 Å². The van der Waals surface area contributed by atoms with Gasteiger partial charge >= 0.3 is 0 Å². The summed E-state index contributed by atoms with van der Waals surface area (Å²) in [5.74, 6) is 2.18. The first kappa shape index (κ1) is 22.9. The Hall–Kier alpha value is -2.32. The summed E-state index contributed by atoms with van der Waals surface area (Å²) in [4.78, 5) is 27.4. The molecule has 0 bridgehead atoms. The number of nitrogens with one attached hydrogen (secondary N) is 1. The zero-order chi connectivity index (χ0) is 22.3. The van der Waals surface area contributed by atoms with E-state index in [9.17, 15) is 9.59 Å². The van der Waals surface area contributed by atoms with E-state index in [1.165, 1.54) is 4.90 Å². The van der Waals surface area contributed by atoms with Crippen molar-refractivity contribution in [1.29, 1.82) is 0 Å². The third-order valence-electron chi connectivity index (χ3n) is 6.66. The zero-order valence-electron chi connectivity index (χ0n) is 18.4. The average molecular weight is 457 g/mol. The molecule has 0 saturated carbocycles. The summed E-state index contributed by atoms with van der Waals surface area (Å²) in [6, 6.07) is 12.3. The molecule has 0 spiro atoms. The van der Waals surface area contributed by atoms with Crippen LogP contribution >= 0.6 is 11.8 Å². The molecule has 32 heavy (non-hydrogen) atoms. The van der Waals surface area contributed by atoms with Gasteiger partial charge in [-0.25, -0.2) is 0 Å². The third-order valence-corrected chi connectivity index (χ3v) is 7.69. The molecule has 2 atom stereocenters. The molecule has 2 aliphatic heterocycles. The highest BCUT2D eigenvalue weighted by molar-refractivity contribution is 7.98. The Morgan fingerprint density at radius 2 is 1.94 bits per heavy atom. The Balaban J connectivity index is 1.28. The number of nitrogens with two attached hydrogens (primary N) is 1. The van der Waals surface area contributed by atoms with Crippen molar-refractivity contribution in [2.45, 2.75) is 42.8 Å². The van der Waals surface area contributed by atoms with E-state index < -0.39 is 0 Å². The number of carbonyl (C=O) groups excluding carboxylic acids is 2. The zero-order valence-corrected chi connectivity index (χ0v) is 19.2. The molecule has 2 unspecified atom stereocenters. The molecule has 0 aliphatic carbocycles. The topological polar surface area (TPSA) is 101 Å². The van der Waals surface area contributed by atoms with Crippen LogP contribution in [0.2, 0.25) is 0 Å². The largest absolute Gasteiger partial charge is 0.369 e. The number of hydrogen-bond acceptors (Lipinski definition) is 6. The van der Waals surface area contributed by atoms with Gasteiger partial charge < -0.3 is 20.5 Å². The van der Waals surface area contributed by atoms with Crippen LogP contribution in [0.5, 0.6) is 0 Å². The van der Waals surface area contributed by atoms with Crippen LogP contribution in [0.3, 0.4) is 0 Å². The lowest BCUT2D eigenvalue weighted by molar-refractivity contribution is -0.136. The highest BCUT2D eigenvalue weighted by Gasteiger charge is 2.31. The lowest BCUT2D eigenvalue weighted by Crippen LogP contribution is -2.44. The van der Waals surface area contributed by atoms with Gasteiger partial charge in [0.15, 0.2) is 0 Å². The third kappa shape index (κ3) is 6.13. The van der Waals surface area contributed by atoms with Crippen LogP contribution in [-0.2, 0) is 21.8 Å². The van der Waals surface area contributed by atoms with E-state index in [4.69, 9.17) is 10.3 Å². The molecular formula is C24H32N4O3S. The highest BCUT2D eigenvalue weighted by Crippen LogP contribution is 2.29. The van der Waals surface area contributed by atoms with E-state index in [1.807, 2.05) is 23.1 Å². The number of aromatic nitrogens is 1. The Morgan fingerprint density at radius 3 is 2.69 bits per heavy atom. The summed E-state index contributed by atoms with van der Waals surface area (Å²) < 4.78 is 5.56. The van der Waals surface area contributed by atoms with Crippen molar-refractivity contribution in [1.82, 2.24) is 15.4 Å². The van der Waals surface area contributed by atoms with Crippen LogP contribution in [-0.4, -0.2) is 48.0 Å². The number of thioether (sulfide) groups is 1. The molecule has 0 radical (unpaired) electrons. The summed E-state index contributed by atoms with van der Waals surface area (Å²) in [5.41, 5.74) is 6.38. The van der Waals surface area contributed by atoms with Crippen molar-refractivity contribution in [2.75, 3.05) is 26.2 Å². The van der Waals surface area contributed by atoms with E-state index in [0.29, 0.717) is 44.2 Å². The normalized spacial score (nSPS) is 22.1. The molecule has 4 rings (SSSR count). The van der Waals surface area contributed by atoms with Crippen LogP contribution < -0.4 is 11.1 Å². The van der Waals surface area contributed by atoms with Gasteiger partial charge in [0, 0.05) is 36.4 Å². The second-order valence-electron chi connectivity index (χ2n) is 8.86. The highest BCUT2D eigenvalue weighted by atomic mass is 32.2. The van der Waals surface area contributed by atoms with E-state index in [-0.39, 0.29) is 17.7 Å². The van der Waals surface area contributed by atoms with Gasteiger partial charge in [-0.1, -0.05) is 23.4 Å². The second kappa shape index (κ2) is 11.0. The number of primary amides is 1. The standard InChI is InChI=1S/C24H32N4O3S/c25-24(30)17-7-10-28(11-8-17)23(29)13-18-6-9-26-15-19(18)12-20-14-21(31-27-20)16-32-22-4-2-1-3-5-22/h1-5,14,17-19,26H,6-13,15-16H2,(H2,25,30). The van der Waals surface area contributed by atoms with Crippen LogP contribution in [0.4, 0.5) is 0 Å². The molecule has 8 heteroatoms. The van der Waals surface area contributed by atoms with E-state index in [1.54, 1.807) is 11.8 Å². The van der Waals surface area contributed by atoms with Crippen molar-refractivity contribution < 1.29 is 14.1 Å². The second-order valence-corrected chi connectivity index (χ2v) is 9.91. The number of benzene rings is 1. The first-order chi connectivity index (χ1) is 15.6. The maximum Gasteiger partial charge on any atom is 0.222 e. The van der Waals surface area contributed by atoms with Gasteiger partial charge in [-0.3, -0.25) is 9.59 Å². The summed E-state index contributed by atoms with van der Waals surface area (Å²) >= 11 is 1.73. The molecule has 2 aliphatic rings. The minimum Gasteiger partial charge on any atom is -0.369 e. The average Bonchev–Trinajstić information content (AvgIpc) is 3.27. The van der Waals surface area contributed by atoms with E-state index >= 15 is 0 Å². The molecule has 2 amide bonds. The molecule has 172 valence electrons. The molecule has 1 aromatic heterocycles. The predicted octanol–water partition coefficient (Wildman–Crippen LogP) is 2.85. The summed E-state index contributed by atoms with van der Waals surface area (Å²) in [6.45, 7) is 3.10. The van der Waals surface area contributed by atoms with Gasteiger partial charge in [-0.05, 0) is 62.7 Å². The number of amides is 2. The van der Waals surface area contributed by atoms with Gasteiger partial charge in [0.1, 0.15) is 5.76 Å². The van der Waals surface area contributed by atoms with E-state index in [0.717, 1.165) is 43.1 Å². The maximum atomic E-state index is 12.9. The fourth-order valence-electron chi connectivity index (χ4n) is 4.71. The monoisotopic (exact) mass is 456 g/mol. The van der Waals surface area contributed by atoms with Crippen molar-refractivity contribution in [3.8, 4) is 0 Å². The molecule has 3 N–H and O–H groups in total. The number of carbonyl (C=O) groups is 2. The van der Waals surface area contributed by atoms with Gasteiger partial charge in [0.2, 0.25) is 11.8 Å².